The molecule has 0 amide bonds. The number of aromatic nitrogens is 2. The first-order valence-corrected chi connectivity index (χ1v) is 5.14. The second-order valence-electron chi connectivity index (χ2n) is 3.78. The Morgan fingerprint density at radius 1 is 1.20 bits per heavy atom. The molecule has 0 saturated carbocycles. The molecule has 0 unspecified atom stereocenters. The second-order valence-corrected chi connectivity index (χ2v) is 3.78. The zero-order valence-electron chi connectivity index (χ0n) is 9.12. The van der Waals surface area contributed by atoms with Gasteiger partial charge in [0.2, 0.25) is 0 Å². The molecular formula is C12H15N3. The van der Waals surface area contributed by atoms with E-state index in [4.69, 9.17) is 5.73 Å². The summed E-state index contributed by atoms with van der Waals surface area (Å²) in [7, 11) is 0. The van der Waals surface area contributed by atoms with Crippen molar-refractivity contribution in [3.63, 3.8) is 0 Å². The minimum absolute atomic E-state index is 0.594. The Labute approximate surface area is 89.4 Å². The number of rotatable bonds is 2. The van der Waals surface area contributed by atoms with Gasteiger partial charge in [-0.25, -0.2) is 9.97 Å². The fraction of sp³-hybridized carbons (Fsp3) is 0.333. The monoisotopic (exact) mass is 201 g/mol. The summed E-state index contributed by atoms with van der Waals surface area (Å²) in [5.74, 6) is 0.841. The average Bonchev–Trinajstić information content (AvgIpc) is 2.17. The number of aryl methyl sites for hydroxylation is 2. The van der Waals surface area contributed by atoms with E-state index in [1.165, 1.54) is 5.56 Å². The first-order valence-electron chi connectivity index (χ1n) is 5.14. The number of nitrogens with zero attached hydrogens (tertiary/aromatic N) is 2. The summed E-state index contributed by atoms with van der Waals surface area (Å²) < 4.78 is 0. The quantitative estimate of drug-likeness (QED) is 0.805. The smallest absolute Gasteiger partial charge is 0.130 e. The van der Waals surface area contributed by atoms with Gasteiger partial charge in [0.1, 0.15) is 5.82 Å². The maximum atomic E-state index is 5.50. The van der Waals surface area contributed by atoms with Crippen molar-refractivity contribution in [1.29, 1.82) is 0 Å². The van der Waals surface area contributed by atoms with Crippen LogP contribution in [-0.2, 0) is 6.42 Å². The van der Waals surface area contributed by atoms with E-state index >= 15 is 0 Å². The van der Waals surface area contributed by atoms with Gasteiger partial charge in [-0.05, 0) is 32.0 Å². The molecule has 1 aromatic carbocycles. The maximum Gasteiger partial charge on any atom is 0.130 e. The summed E-state index contributed by atoms with van der Waals surface area (Å²) in [6.07, 6.45) is 0.741. The number of hydrogen-bond acceptors (Lipinski definition) is 3. The second kappa shape index (κ2) is 3.95. The number of fused-ring (bicyclic) bond motifs is 1. The minimum atomic E-state index is 0.594. The summed E-state index contributed by atoms with van der Waals surface area (Å²) in [5, 5.41) is 1.13. The topological polar surface area (TPSA) is 51.8 Å². The van der Waals surface area contributed by atoms with Crippen molar-refractivity contribution >= 4 is 10.9 Å². The Morgan fingerprint density at radius 3 is 2.73 bits per heavy atom. The van der Waals surface area contributed by atoms with Gasteiger partial charge in [-0.3, -0.25) is 0 Å². The predicted octanol–water partition coefficient (Wildman–Crippen LogP) is 1.75. The normalized spacial score (nSPS) is 10.9. The molecule has 0 atom stereocenters. The molecule has 0 aliphatic heterocycles. The molecule has 0 spiro atoms. The van der Waals surface area contributed by atoms with Crippen molar-refractivity contribution in [3.8, 4) is 0 Å². The minimum Gasteiger partial charge on any atom is -0.330 e. The van der Waals surface area contributed by atoms with Gasteiger partial charge >= 0.3 is 0 Å². The first kappa shape index (κ1) is 10.1. The number of hydrogen-bond donors (Lipinski definition) is 1. The van der Waals surface area contributed by atoms with Gasteiger partial charge in [-0.1, -0.05) is 12.1 Å². The fourth-order valence-corrected chi connectivity index (χ4v) is 1.70. The Hall–Kier alpha value is -1.48. The Bertz CT molecular complexity index is 491. The van der Waals surface area contributed by atoms with Crippen LogP contribution in [0.1, 0.15) is 17.1 Å². The van der Waals surface area contributed by atoms with E-state index in [1.54, 1.807) is 0 Å². The Balaban J connectivity index is 2.63. The van der Waals surface area contributed by atoms with Crippen LogP contribution in [0.25, 0.3) is 10.9 Å². The predicted molar refractivity (Wildman–Crippen MR) is 61.8 cm³/mol. The van der Waals surface area contributed by atoms with Crippen molar-refractivity contribution in [3.05, 3.63) is 35.3 Å². The van der Waals surface area contributed by atoms with E-state index < -0.39 is 0 Å². The highest BCUT2D eigenvalue weighted by molar-refractivity contribution is 5.81. The summed E-state index contributed by atoms with van der Waals surface area (Å²) >= 11 is 0. The summed E-state index contributed by atoms with van der Waals surface area (Å²) in [6.45, 7) is 4.68. The van der Waals surface area contributed by atoms with Crippen LogP contribution in [0.4, 0.5) is 0 Å². The number of benzene rings is 1. The van der Waals surface area contributed by atoms with Gasteiger partial charge < -0.3 is 5.73 Å². The summed E-state index contributed by atoms with van der Waals surface area (Å²) in [4.78, 5) is 8.93. The molecule has 0 saturated heterocycles. The van der Waals surface area contributed by atoms with E-state index in [0.717, 1.165) is 28.8 Å². The SMILES string of the molecule is Cc1ccc2c(C)nc(CCN)nc2c1. The lowest BCUT2D eigenvalue weighted by Gasteiger charge is -2.05. The molecule has 0 radical (unpaired) electrons. The average molecular weight is 201 g/mol. The molecule has 3 nitrogen and oxygen atoms in total. The van der Waals surface area contributed by atoms with Crippen LogP contribution in [0.5, 0.6) is 0 Å². The zero-order chi connectivity index (χ0) is 10.8. The van der Waals surface area contributed by atoms with Gasteiger partial charge in [0.15, 0.2) is 0 Å². The molecular weight excluding hydrogens is 186 g/mol. The lowest BCUT2D eigenvalue weighted by atomic mass is 10.1. The molecule has 0 aliphatic carbocycles. The van der Waals surface area contributed by atoms with Gasteiger partial charge in [-0.15, -0.1) is 0 Å². The molecule has 0 fully saturated rings. The van der Waals surface area contributed by atoms with Crippen LogP contribution in [0.2, 0.25) is 0 Å². The Kier molecular flexibility index (Phi) is 2.64. The molecule has 0 aliphatic rings. The van der Waals surface area contributed by atoms with Crippen molar-refractivity contribution in [2.75, 3.05) is 6.54 Å². The largest absolute Gasteiger partial charge is 0.330 e. The summed E-state index contributed by atoms with van der Waals surface area (Å²) in [6, 6.07) is 6.25. The van der Waals surface area contributed by atoms with Crippen LogP contribution < -0.4 is 5.73 Å². The van der Waals surface area contributed by atoms with Gasteiger partial charge in [0.05, 0.1) is 5.52 Å². The lowest BCUT2D eigenvalue weighted by molar-refractivity contribution is 0.869. The van der Waals surface area contributed by atoms with E-state index in [2.05, 4.69) is 35.1 Å². The molecule has 0 bridgehead atoms. The molecule has 1 heterocycles. The zero-order valence-corrected chi connectivity index (χ0v) is 9.12. The highest BCUT2D eigenvalue weighted by Crippen LogP contribution is 2.16. The van der Waals surface area contributed by atoms with Crippen LogP contribution in [-0.4, -0.2) is 16.5 Å². The third-order valence-electron chi connectivity index (χ3n) is 2.46. The number of nitrogens with two attached hydrogens (primary N) is 1. The molecule has 3 heteroatoms. The van der Waals surface area contributed by atoms with E-state index in [0.29, 0.717) is 6.54 Å². The summed E-state index contributed by atoms with van der Waals surface area (Å²) in [5.41, 5.74) is 8.78. The lowest BCUT2D eigenvalue weighted by Crippen LogP contribution is -2.07. The molecule has 2 aromatic rings. The van der Waals surface area contributed by atoms with Gasteiger partial charge in [0.25, 0.3) is 0 Å². The maximum absolute atomic E-state index is 5.50. The molecule has 78 valence electrons. The first-order chi connectivity index (χ1) is 7.20. The van der Waals surface area contributed by atoms with Gasteiger partial charge in [-0.2, -0.15) is 0 Å². The van der Waals surface area contributed by atoms with Crippen LogP contribution >= 0.6 is 0 Å². The highest BCUT2D eigenvalue weighted by atomic mass is 14.9. The van der Waals surface area contributed by atoms with Crippen LogP contribution in [0.15, 0.2) is 18.2 Å². The van der Waals surface area contributed by atoms with Crippen molar-refractivity contribution in [2.24, 2.45) is 5.73 Å². The van der Waals surface area contributed by atoms with E-state index in [1.807, 2.05) is 6.92 Å². The Morgan fingerprint density at radius 2 is 2.00 bits per heavy atom. The van der Waals surface area contributed by atoms with E-state index in [9.17, 15) is 0 Å². The van der Waals surface area contributed by atoms with Crippen LogP contribution in [0, 0.1) is 13.8 Å². The van der Waals surface area contributed by atoms with Crippen molar-refractivity contribution in [2.45, 2.75) is 20.3 Å². The molecule has 2 rings (SSSR count). The van der Waals surface area contributed by atoms with Gasteiger partial charge in [0, 0.05) is 17.5 Å². The molecule has 1 aromatic heterocycles. The highest BCUT2D eigenvalue weighted by Gasteiger charge is 2.03. The molecule has 15 heavy (non-hydrogen) atoms. The van der Waals surface area contributed by atoms with Crippen molar-refractivity contribution < 1.29 is 0 Å². The van der Waals surface area contributed by atoms with Crippen LogP contribution in [0.3, 0.4) is 0 Å². The third kappa shape index (κ3) is 1.97. The molecule has 2 N–H and O–H groups in total. The van der Waals surface area contributed by atoms with Crippen molar-refractivity contribution in [1.82, 2.24) is 9.97 Å². The third-order valence-corrected chi connectivity index (χ3v) is 2.46. The van der Waals surface area contributed by atoms with E-state index in [-0.39, 0.29) is 0 Å². The standard InChI is InChI=1S/C12H15N3/c1-8-3-4-10-9(2)14-12(5-6-13)15-11(10)7-8/h3-4,7H,5-6,13H2,1-2H3. The fourth-order valence-electron chi connectivity index (χ4n) is 1.70.